The number of benzene rings is 1. The van der Waals surface area contributed by atoms with E-state index in [4.69, 9.17) is 5.73 Å². The predicted molar refractivity (Wildman–Crippen MR) is 78.8 cm³/mol. The van der Waals surface area contributed by atoms with Crippen molar-refractivity contribution in [3.8, 4) is 6.07 Å². The van der Waals surface area contributed by atoms with Crippen LogP contribution < -0.4 is 5.73 Å². The zero-order chi connectivity index (χ0) is 14.7. The second kappa shape index (κ2) is 5.55. The SMILES string of the molecule is Cc1cc([N+](=O)[O-])ccc1/C(N)=C(/C#N)c1cccs1. The van der Waals surface area contributed by atoms with Gasteiger partial charge in [-0.15, -0.1) is 11.3 Å². The van der Waals surface area contributed by atoms with E-state index >= 15 is 0 Å². The summed E-state index contributed by atoms with van der Waals surface area (Å²) in [6.45, 7) is 1.73. The molecule has 1 aromatic carbocycles. The summed E-state index contributed by atoms with van der Waals surface area (Å²) in [4.78, 5) is 11.0. The molecule has 1 aromatic heterocycles. The molecule has 0 spiro atoms. The maximum atomic E-state index is 10.7. The number of rotatable bonds is 3. The van der Waals surface area contributed by atoms with Gasteiger partial charge in [-0.1, -0.05) is 6.07 Å². The molecule has 100 valence electrons. The first-order valence-corrected chi connectivity index (χ1v) is 6.61. The molecule has 2 rings (SSSR count). The molecule has 0 aliphatic rings. The van der Waals surface area contributed by atoms with Crippen LogP contribution in [0.1, 0.15) is 16.0 Å². The number of hydrogen-bond donors (Lipinski definition) is 1. The lowest BCUT2D eigenvalue weighted by atomic mass is 10.0. The van der Waals surface area contributed by atoms with E-state index in [1.165, 1.54) is 23.5 Å². The topological polar surface area (TPSA) is 92.9 Å². The van der Waals surface area contributed by atoms with Crippen molar-refractivity contribution in [2.45, 2.75) is 6.92 Å². The molecule has 5 nitrogen and oxygen atoms in total. The van der Waals surface area contributed by atoms with Gasteiger partial charge in [0.25, 0.3) is 5.69 Å². The third-order valence-corrected chi connectivity index (χ3v) is 3.75. The van der Waals surface area contributed by atoms with Crippen LogP contribution in [-0.2, 0) is 0 Å². The molecule has 0 amide bonds. The fraction of sp³-hybridized carbons (Fsp3) is 0.0714. The Kier molecular flexibility index (Phi) is 3.82. The van der Waals surface area contributed by atoms with Gasteiger partial charge in [0.1, 0.15) is 6.07 Å². The molecular weight excluding hydrogens is 274 g/mol. The lowest BCUT2D eigenvalue weighted by molar-refractivity contribution is -0.384. The van der Waals surface area contributed by atoms with E-state index in [0.717, 1.165) is 4.88 Å². The van der Waals surface area contributed by atoms with Crippen molar-refractivity contribution in [2.75, 3.05) is 0 Å². The molecule has 2 N–H and O–H groups in total. The van der Waals surface area contributed by atoms with Crippen molar-refractivity contribution in [1.82, 2.24) is 0 Å². The summed E-state index contributed by atoms with van der Waals surface area (Å²) in [5.74, 6) is 0. The largest absolute Gasteiger partial charge is 0.397 e. The van der Waals surface area contributed by atoms with Gasteiger partial charge in [-0.3, -0.25) is 10.1 Å². The quantitative estimate of drug-likeness (QED) is 0.532. The zero-order valence-corrected chi connectivity index (χ0v) is 11.5. The summed E-state index contributed by atoms with van der Waals surface area (Å²) >= 11 is 1.42. The van der Waals surface area contributed by atoms with Crippen molar-refractivity contribution < 1.29 is 4.92 Å². The number of non-ortho nitro benzene ring substituents is 1. The average molecular weight is 285 g/mol. The molecule has 0 atom stereocenters. The molecule has 0 bridgehead atoms. The lowest BCUT2D eigenvalue weighted by Crippen LogP contribution is -2.02. The zero-order valence-electron chi connectivity index (χ0n) is 10.7. The first-order valence-electron chi connectivity index (χ1n) is 5.73. The van der Waals surface area contributed by atoms with Crippen molar-refractivity contribution in [1.29, 1.82) is 5.26 Å². The number of nitrogens with zero attached hydrogens (tertiary/aromatic N) is 2. The Morgan fingerprint density at radius 1 is 1.45 bits per heavy atom. The van der Waals surface area contributed by atoms with Gasteiger partial charge in [-0.05, 0) is 30.0 Å². The maximum absolute atomic E-state index is 10.7. The summed E-state index contributed by atoms with van der Waals surface area (Å²) in [5, 5.41) is 21.9. The Bertz CT molecular complexity index is 727. The number of allylic oxidation sites excluding steroid dienone is 1. The van der Waals surface area contributed by atoms with Gasteiger partial charge in [-0.2, -0.15) is 5.26 Å². The Labute approximate surface area is 119 Å². The summed E-state index contributed by atoms with van der Waals surface area (Å²) in [6.07, 6.45) is 0. The third kappa shape index (κ3) is 2.53. The molecule has 1 heterocycles. The monoisotopic (exact) mass is 285 g/mol. The van der Waals surface area contributed by atoms with Crippen molar-refractivity contribution in [3.63, 3.8) is 0 Å². The van der Waals surface area contributed by atoms with E-state index in [1.54, 1.807) is 13.0 Å². The Morgan fingerprint density at radius 2 is 2.20 bits per heavy atom. The van der Waals surface area contributed by atoms with Gasteiger partial charge in [-0.25, -0.2) is 0 Å². The minimum absolute atomic E-state index is 0.00804. The van der Waals surface area contributed by atoms with Gasteiger partial charge in [0.2, 0.25) is 0 Å². The van der Waals surface area contributed by atoms with Crippen LogP contribution in [-0.4, -0.2) is 4.92 Å². The average Bonchev–Trinajstić information content (AvgIpc) is 2.93. The lowest BCUT2D eigenvalue weighted by Gasteiger charge is -2.08. The molecular formula is C14H11N3O2S. The highest BCUT2D eigenvalue weighted by Gasteiger charge is 2.14. The molecule has 0 unspecified atom stereocenters. The predicted octanol–water partition coefficient (Wildman–Crippen LogP) is 3.32. The Hall–Kier alpha value is -2.65. The van der Waals surface area contributed by atoms with Crippen molar-refractivity contribution in [2.24, 2.45) is 5.73 Å². The second-order valence-electron chi connectivity index (χ2n) is 4.13. The number of nitriles is 1. The molecule has 0 aliphatic heterocycles. The second-order valence-corrected chi connectivity index (χ2v) is 5.08. The molecule has 0 saturated carbocycles. The van der Waals surface area contributed by atoms with Crippen LogP contribution in [0.4, 0.5) is 5.69 Å². The van der Waals surface area contributed by atoms with Gasteiger partial charge in [0.15, 0.2) is 0 Å². The Morgan fingerprint density at radius 3 is 2.70 bits per heavy atom. The maximum Gasteiger partial charge on any atom is 0.269 e. The van der Waals surface area contributed by atoms with Crippen molar-refractivity contribution >= 4 is 28.3 Å². The summed E-state index contributed by atoms with van der Waals surface area (Å²) in [7, 11) is 0. The van der Waals surface area contributed by atoms with E-state index in [-0.39, 0.29) is 5.69 Å². The molecule has 0 fully saturated rings. The van der Waals surface area contributed by atoms with Gasteiger partial charge in [0.05, 0.1) is 16.2 Å². The summed E-state index contributed by atoms with van der Waals surface area (Å²) in [5.41, 5.74) is 8.10. The number of nitro benzene ring substituents is 1. The first kappa shape index (κ1) is 13.8. The number of thiophene rings is 1. The van der Waals surface area contributed by atoms with E-state index in [9.17, 15) is 15.4 Å². The highest BCUT2D eigenvalue weighted by Crippen LogP contribution is 2.28. The number of hydrogen-bond acceptors (Lipinski definition) is 5. The normalized spacial score (nSPS) is 11.6. The number of nitrogens with two attached hydrogens (primary N) is 1. The van der Waals surface area contributed by atoms with Gasteiger partial charge >= 0.3 is 0 Å². The minimum atomic E-state index is -0.457. The Balaban J connectivity index is 2.56. The standard InChI is InChI=1S/C14H11N3O2S/c1-9-7-10(17(18)19)4-5-11(9)14(16)12(8-15)13-3-2-6-20-13/h2-7H,16H2,1H3/b14-12+. The smallest absolute Gasteiger partial charge is 0.269 e. The van der Waals surface area contributed by atoms with E-state index in [1.807, 2.05) is 17.5 Å². The fourth-order valence-corrected chi connectivity index (χ4v) is 2.60. The molecule has 20 heavy (non-hydrogen) atoms. The first-order chi connectivity index (χ1) is 9.54. The van der Waals surface area contributed by atoms with Crippen LogP contribution in [0.15, 0.2) is 35.7 Å². The number of aryl methyl sites for hydroxylation is 1. The van der Waals surface area contributed by atoms with Crippen LogP contribution in [0.2, 0.25) is 0 Å². The van der Waals surface area contributed by atoms with Crippen LogP contribution in [0.5, 0.6) is 0 Å². The molecule has 0 radical (unpaired) electrons. The highest BCUT2D eigenvalue weighted by molar-refractivity contribution is 7.11. The third-order valence-electron chi connectivity index (χ3n) is 2.86. The summed E-state index contributed by atoms with van der Waals surface area (Å²) < 4.78 is 0. The molecule has 6 heteroatoms. The van der Waals surface area contributed by atoms with Crippen LogP contribution in [0, 0.1) is 28.4 Å². The fourth-order valence-electron chi connectivity index (χ4n) is 1.87. The molecule has 0 aliphatic carbocycles. The van der Waals surface area contributed by atoms with E-state index < -0.39 is 4.92 Å². The molecule has 0 saturated heterocycles. The van der Waals surface area contributed by atoms with Gasteiger partial charge in [0, 0.05) is 22.6 Å². The van der Waals surface area contributed by atoms with Crippen LogP contribution in [0.3, 0.4) is 0 Å². The molecule has 2 aromatic rings. The van der Waals surface area contributed by atoms with Gasteiger partial charge < -0.3 is 5.73 Å². The van der Waals surface area contributed by atoms with E-state index in [0.29, 0.717) is 22.4 Å². The summed E-state index contributed by atoms with van der Waals surface area (Å²) in [6, 6.07) is 10.2. The van der Waals surface area contributed by atoms with Crippen molar-refractivity contribution in [3.05, 3.63) is 61.8 Å². The minimum Gasteiger partial charge on any atom is -0.397 e. The van der Waals surface area contributed by atoms with Crippen LogP contribution in [0.25, 0.3) is 11.3 Å². The highest BCUT2D eigenvalue weighted by atomic mass is 32.1. The number of nitro groups is 1. The van der Waals surface area contributed by atoms with Crippen LogP contribution >= 0.6 is 11.3 Å². The van der Waals surface area contributed by atoms with E-state index in [2.05, 4.69) is 6.07 Å².